The summed E-state index contributed by atoms with van der Waals surface area (Å²) in [5.74, 6) is 0.662. The number of benzene rings is 3. The first-order valence-corrected chi connectivity index (χ1v) is 10.3. The number of allylic oxidation sites excluding steroid dienone is 1. The van der Waals surface area contributed by atoms with Crippen LogP contribution in [0.25, 0.3) is 11.6 Å². The first kappa shape index (κ1) is 22.1. The average molecular weight is 537 g/mol. The van der Waals surface area contributed by atoms with Crippen molar-refractivity contribution in [1.29, 1.82) is 5.26 Å². The summed E-state index contributed by atoms with van der Waals surface area (Å²) < 4.78 is 45.8. The van der Waals surface area contributed by atoms with Crippen LogP contribution in [-0.4, -0.2) is 0 Å². The van der Waals surface area contributed by atoms with Crippen LogP contribution >= 0.6 is 31.9 Å². The number of nitrogens with zero attached hydrogens (tertiary/aromatic N) is 1. The average Bonchev–Trinajstić information content (AvgIpc) is 2.72. The minimum absolute atomic E-state index is 0.274. The van der Waals surface area contributed by atoms with E-state index in [1.54, 1.807) is 30.3 Å². The number of halogens is 5. The monoisotopic (exact) mass is 535 g/mol. The summed E-state index contributed by atoms with van der Waals surface area (Å²) in [6.07, 6.45) is -2.78. The summed E-state index contributed by atoms with van der Waals surface area (Å²) >= 11 is 6.90. The molecule has 3 aromatic carbocycles. The number of hydrogen-bond acceptors (Lipinski definition) is 2. The standard InChI is InChI=1S/C23H14Br2F3NO/c24-20-8-5-17(22(25)12-20)14-30-21-9-1-15(2-10-21)11-18(13-29)16-3-6-19(7-4-16)23(26,27)28/h1-12H,14H2/b18-11-. The van der Waals surface area contributed by atoms with Gasteiger partial charge in [0.15, 0.2) is 0 Å². The third-order valence-corrected chi connectivity index (χ3v) is 5.48. The lowest BCUT2D eigenvalue weighted by molar-refractivity contribution is -0.137. The molecule has 0 radical (unpaired) electrons. The molecular weight excluding hydrogens is 523 g/mol. The fourth-order valence-corrected chi connectivity index (χ4v) is 3.81. The van der Waals surface area contributed by atoms with Crippen molar-refractivity contribution in [2.75, 3.05) is 0 Å². The van der Waals surface area contributed by atoms with Crippen LogP contribution in [0.3, 0.4) is 0 Å². The van der Waals surface area contributed by atoms with Crippen LogP contribution in [0, 0.1) is 11.3 Å². The molecule has 2 nitrogen and oxygen atoms in total. The molecule has 0 heterocycles. The smallest absolute Gasteiger partial charge is 0.416 e. The van der Waals surface area contributed by atoms with E-state index in [0.29, 0.717) is 17.9 Å². The molecule has 7 heteroatoms. The molecule has 0 fully saturated rings. The Labute approximate surface area is 188 Å². The van der Waals surface area contributed by atoms with Gasteiger partial charge in [0.2, 0.25) is 0 Å². The first-order chi connectivity index (χ1) is 14.3. The Kier molecular flexibility index (Phi) is 7.01. The lowest BCUT2D eigenvalue weighted by Crippen LogP contribution is -2.04. The van der Waals surface area contributed by atoms with Gasteiger partial charge in [-0.2, -0.15) is 18.4 Å². The molecule has 0 unspecified atom stereocenters. The Morgan fingerprint density at radius 3 is 2.20 bits per heavy atom. The summed E-state index contributed by atoms with van der Waals surface area (Å²) in [5, 5.41) is 9.41. The Bertz CT molecular complexity index is 1100. The molecule has 0 aromatic heterocycles. The van der Waals surface area contributed by atoms with Crippen molar-refractivity contribution in [3.63, 3.8) is 0 Å². The van der Waals surface area contributed by atoms with E-state index in [9.17, 15) is 18.4 Å². The van der Waals surface area contributed by atoms with Crippen LogP contribution in [0.15, 0.2) is 75.7 Å². The van der Waals surface area contributed by atoms with E-state index >= 15 is 0 Å². The Hall–Kier alpha value is -2.56. The first-order valence-electron chi connectivity index (χ1n) is 8.72. The van der Waals surface area contributed by atoms with Crippen LogP contribution in [0.4, 0.5) is 13.2 Å². The maximum absolute atomic E-state index is 12.7. The molecule has 152 valence electrons. The number of rotatable bonds is 5. The molecule has 0 aliphatic rings. The number of hydrogen-bond donors (Lipinski definition) is 0. The second-order valence-corrected chi connectivity index (χ2v) is 8.11. The maximum Gasteiger partial charge on any atom is 0.416 e. The number of alkyl halides is 3. The van der Waals surface area contributed by atoms with Gasteiger partial charge in [0.25, 0.3) is 0 Å². The summed E-state index contributed by atoms with van der Waals surface area (Å²) in [5.41, 5.74) is 1.68. The zero-order valence-electron chi connectivity index (χ0n) is 15.4. The molecular formula is C23H14Br2F3NO. The Morgan fingerprint density at radius 1 is 0.967 bits per heavy atom. The fraction of sp³-hybridized carbons (Fsp3) is 0.0870. The fourth-order valence-electron chi connectivity index (χ4n) is 2.65. The molecule has 0 atom stereocenters. The summed E-state index contributed by atoms with van der Waals surface area (Å²) in [6, 6.07) is 19.5. The highest BCUT2D eigenvalue weighted by Crippen LogP contribution is 2.30. The zero-order chi connectivity index (χ0) is 21.7. The molecule has 30 heavy (non-hydrogen) atoms. The second-order valence-electron chi connectivity index (χ2n) is 6.34. The molecule has 0 saturated heterocycles. The van der Waals surface area contributed by atoms with Gasteiger partial charge < -0.3 is 4.74 Å². The van der Waals surface area contributed by atoms with Crippen LogP contribution in [0.5, 0.6) is 5.75 Å². The van der Waals surface area contributed by atoms with E-state index < -0.39 is 11.7 Å². The van der Waals surface area contributed by atoms with Crippen LogP contribution in [-0.2, 0) is 12.8 Å². The van der Waals surface area contributed by atoms with E-state index in [1.807, 2.05) is 24.3 Å². The molecule has 0 bridgehead atoms. The van der Waals surface area contributed by atoms with Crippen molar-refractivity contribution in [1.82, 2.24) is 0 Å². The molecule has 0 aliphatic heterocycles. The van der Waals surface area contributed by atoms with E-state index in [2.05, 4.69) is 31.9 Å². The quantitative estimate of drug-likeness (QED) is 0.245. The van der Waals surface area contributed by atoms with Gasteiger partial charge in [-0.3, -0.25) is 0 Å². The minimum atomic E-state index is -4.41. The van der Waals surface area contributed by atoms with Crippen LogP contribution in [0.1, 0.15) is 22.3 Å². The second kappa shape index (κ2) is 9.50. The third kappa shape index (κ3) is 5.74. The van der Waals surface area contributed by atoms with Crippen molar-refractivity contribution in [2.24, 2.45) is 0 Å². The summed E-state index contributed by atoms with van der Waals surface area (Å²) in [6.45, 7) is 0.387. The topological polar surface area (TPSA) is 33.0 Å². The molecule has 0 aliphatic carbocycles. The highest BCUT2D eigenvalue weighted by molar-refractivity contribution is 9.11. The maximum atomic E-state index is 12.7. The van der Waals surface area contributed by atoms with Gasteiger partial charge in [0.05, 0.1) is 17.2 Å². The van der Waals surface area contributed by atoms with E-state index in [1.165, 1.54) is 12.1 Å². The largest absolute Gasteiger partial charge is 0.489 e. The van der Waals surface area contributed by atoms with Gasteiger partial charge in [0, 0.05) is 14.5 Å². The number of nitriles is 1. The molecule has 0 spiro atoms. The molecule has 3 aromatic rings. The highest BCUT2D eigenvalue weighted by atomic mass is 79.9. The van der Waals surface area contributed by atoms with Crippen molar-refractivity contribution in [3.05, 3.63) is 97.9 Å². The Morgan fingerprint density at radius 2 is 1.63 bits per heavy atom. The number of ether oxygens (including phenoxy) is 1. The lowest BCUT2D eigenvalue weighted by atomic mass is 10.0. The predicted molar refractivity (Wildman–Crippen MR) is 118 cm³/mol. The van der Waals surface area contributed by atoms with Crippen molar-refractivity contribution >= 4 is 43.5 Å². The molecule has 3 rings (SSSR count). The van der Waals surface area contributed by atoms with E-state index in [4.69, 9.17) is 4.74 Å². The third-order valence-electron chi connectivity index (χ3n) is 4.24. The van der Waals surface area contributed by atoms with E-state index in [0.717, 1.165) is 32.2 Å². The van der Waals surface area contributed by atoms with Gasteiger partial charge in [-0.05, 0) is 53.6 Å². The van der Waals surface area contributed by atoms with Gasteiger partial charge in [-0.1, -0.05) is 62.2 Å². The van der Waals surface area contributed by atoms with Crippen LogP contribution in [0.2, 0.25) is 0 Å². The van der Waals surface area contributed by atoms with E-state index in [-0.39, 0.29) is 5.57 Å². The molecule has 0 saturated carbocycles. The molecule has 0 N–H and O–H groups in total. The van der Waals surface area contributed by atoms with Crippen molar-refractivity contribution < 1.29 is 17.9 Å². The highest BCUT2D eigenvalue weighted by Gasteiger charge is 2.30. The van der Waals surface area contributed by atoms with Gasteiger partial charge in [-0.25, -0.2) is 0 Å². The van der Waals surface area contributed by atoms with Gasteiger partial charge in [-0.15, -0.1) is 0 Å². The lowest BCUT2D eigenvalue weighted by Gasteiger charge is -2.09. The summed E-state index contributed by atoms with van der Waals surface area (Å²) in [4.78, 5) is 0. The normalized spacial score (nSPS) is 11.8. The van der Waals surface area contributed by atoms with Crippen molar-refractivity contribution in [3.8, 4) is 11.8 Å². The minimum Gasteiger partial charge on any atom is -0.489 e. The van der Waals surface area contributed by atoms with Gasteiger partial charge >= 0.3 is 6.18 Å². The Balaban J connectivity index is 1.71. The zero-order valence-corrected chi connectivity index (χ0v) is 18.6. The summed E-state index contributed by atoms with van der Waals surface area (Å²) in [7, 11) is 0. The SMILES string of the molecule is N#C/C(=C/c1ccc(OCc2ccc(Br)cc2Br)cc1)c1ccc(C(F)(F)F)cc1. The van der Waals surface area contributed by atoms with Crippen LogP contribution < -0.4 is 4.74 Å². The predicted octanol–water partition coefficient (Wildman–Crippen LogP) is 7.87. The van der Waals surface area contributed by atoms with Crippen molar-refractivity contribution in [2.45, 2.75) is 12.8 Å². The van der Waals surface area contributed by atoms with Gasteiger partial charge in [0.1, 0.15) is 12.4 Å². The molecule has 0 amide bonds.